The average Bonchev–Trinajstić information content (AvgIpc) is 2.30. The van der Waals surface area contributed by atoms with Crippen molar-refractivity contribution in [3.63, 3.8) is 0 Å². The van der Waals surface area contributed by atoms with E-state index in [2.05, 4.69) is 10.4 Å². The third-order valence-corrected chi connectivity index (χ3v) is 3.71. The Labute approximate surface area is 97.5 Å². The largest absolute Gasteiger partial charge is 0.328 e. The number of piperidine rings is 1. The molecule has 0 aromatic carbocycles. The molecule has 2 aliphatic rings. The van der Waals surface area contributed by atoms with Gasteiger partial charge in [-0.05, 0) is 32.1 Å². The summed E-state index contributed by atoms with van der Waals surface area (Å²) < 4.78 is 0. The third-order valence-electron chi connectivity index (χ3n) is 3.71. The molecule has 1 amide bonds. The smallest absolute Gasteiger partial charge is 0.237 e. The number of nitrogens with one attached hydrogen (secondary N) is 1. The van der Waals surface area contributed by atoms with Crippen molar-refractivity contribution in [3.05, 3.63) is 0 Å². The van der Waals surface area contributed by atoms with Gasteiger partial charge in [-0.1, -0.05) is 12.8 Å². The van der Waals surface area contributed by atoms with Crippen LogP contribution in [0.25, 0.3) is 0 Å². The number of hydrogen-bond acceptors (Lipinski definition) is 3. The minimum atomic E-state index is 0.144. The zero-order chi connectivity index (χ0) is 11.4. The van der Waals surface area contributed by atoms with Crippen LogP contribution in [0.5, 0.6) is 0 Å². The van der Waals surface area contributed by atoms with Crippen LogP contribution in [0.3, 0.4) is 0 Å². The molecule has 2 unspecified atom stereocenters. The maximum Gasteiger partial charge on any atom is 0.237 e. The number of nitrogens with two attached hydrogens (primary N) is 1. The van der Waals surface area contributed by atoms with Gasteiger partial charge in [0.25, 0.3) is 0 Å². The summed E-state index contributed by atoms with van der Waals surface area (Å²) in [6.07, 6.45) is 7.73. The Morgan fingerprint density at radius 1 is 1.12 bits per heavy atom. The predicted octanol–water partition coefficient (Wildman–Crippen LogP) is 1.02. The highest BCUT2D eigenvalue weighted by Gasteiger charge is 2.26. The van der Waals surface area contributed by atoms with E-state index in [-0.39, 0.29) is 17.9 Å². The van der Waals surface area contributed by atoms with Gasteiger partial charge >= 0.3 is 0 Å². The molecule has 1 saturated heterocycles. The molecule has 3 N–H and O–H groups in total. The van der Waals surface area contributed by atoms with Gasteiger partial charge in [0.2, 0.25) is 5.91 Å². The number of hydrazine groups is 1. The highest BCUT2D eigenvalue weighted by molar-refractivity contribution is 5.78. The molecule has 2 rings (SSSR count). The summed E-state index contributed by atoms with van der Waals surface area (Å²) >= 11 is 0. The van der Waals surface area contributed by atoms with E-state index in [1.54, 1.807) is 0 Å². The van der Waals surface area contributed by atoms with Crippen molar-refractivity contribution in [3.8, 4) is 0 Å². The Balaban J connectivity index is 1.77. The summed E-state index contributed by atoms with van der Waals surface area (Å²) in [6, 6.07) is 0.228. The molecule has 0 aromatic rings. The fourth-order valence-corrected chi connectivity index (χ4v) is 2.72. The molecule has 2 atom stereocenters. The van der Waals surface area contributed by atoms with Crippen molar-refractivity contribution in [1.82, 2.24) is 10.4 Å². The van der Waals surface area contributed by atoms with Gasteiger partial charge in [-0.3, -0.25) is 10.2 Å². The summed E-state index contributed by atoms with van der Waals surface area (Å²) in [5.74, 6) is 0.336. The van der Waals surface area contributed by atoms with Crippen molar-refractivity contribution in [1.29, 1.82) is 0 Å². The van der Waals surface area contributed by atoms with Crippen LogP contribution < -0.4 is 11.2 Å². The summed E-state index contributed by atoms with van der Waals surface area (Å²) in [5, 5.41) is 2.08. The van der Waals surface area contributed by atoms with Gasteiger partial charge in [0.15, 0.2) is 0 Å². The molecular weight excluding hydrogens is 202 g/mol. The lowest BCUT2D eigenvalue weighted by atomic mass is 9.86. The van der Waals surface area contributed by atoms with E-state index >= 15 is 0 Å². The van der Waals surface area contributed by atoms with E-state index in [1.165, 1.54) is 19.3 Å². The van der Waals surface area contributed by atoms with E-state index in [0.717, 1.165) is 38.8 Å². The molecule has 0 bridgehead atoms. The van der Waals surface area contributed by atoms with E-state index in [0.29, 0.717) is 0 Å². The Hall–Kier alpha value is -0.610. The van der Waals surface area contributed by atoms with E-state index in [9.17, 15) is 4.79 Å². The van der Waals surface area contributed by atoms with Crippen LogP contribution in [0.2, 0.25) is 0 Å². The van der Waals surface area contributed by atoms with Gasteiger partial charge in [0.05, 0.1) is 0 Å². The number of hydrogen-bond donors (Lipinski definition) is 2. The van der Waals surface area contributed by atoms with Crippen LogP contribution in [0, 0.1) is 5.92 Å². The van der Waals surface area contributed by atoms with Crippen molar-refractivity contribution < 1.29 is 4.79 Å². The van der Waals surface area contributed by atoms with Crippen LogP contribution in [0.4, 0.5) is 0 Å². The highest BCUT2D eigenvalue weighted by atomic mass is 16.2. The number of rotatable bonds is 2. The summed E-state index contributed by atoms with van der Waals surface area (Å²) in [6.45, 7) is 2.01. The van der Waals surface area contributed by atoms with E-state index in [1.807, 2.05) is 0 Å². The second-order valence-electron chi connectivity index (χ2n) is 5.15. The second kappa shape index (κ2) is 5.64. The van der Waals surface area contributed by atoms with E-state index < -0.39 is 0 Å². The van der Waals surface area contributed by atoms with Gasteiger partial charge in [0.1, 0.15) is 0 Å². The molecule has 92 valence electrons. The van der Waals surface area contributed by atoms with Crippen molar-refractivity contribution in [2.75, 3.05) is 13.1 Å². The molecule has 0 radical (unpaired) electrons. The number of carbonyl (C=O) groups excluding carboxylic acids is 1. The highest BCUT2D eigenvalue weighted by Crippen LogP contribution is 2.23. The van der Waals surface area contributed by atoms with Gasteiger partial charge in [-0.15, -0.1) is 0 Å². The maximum atomic E-state index is 12.0. The van der Waals surface area contributed by atoms with Crippen LogP contribution >= 0.6 is 0 Å². The Morgan fingerprint density at radius 3 is 2.56 bits per heavy atom. The molecule has 2 fully saturated rings. The van der Waals surface area contributed by atoms with Crippen molar-refractivity contribution >= 4 is 5.91 Å². The van der Waals surface area contributed by atoms with Gasteiger partial charge < -0.3 is 5.73 Å². The van der Waals surface area contributed by atoms with Crippen LogP contribution in [0.15, 0.2) is 0 Å². The Bertz CT molecular complexity index is 238. The SMILES string of the molecule is NC1CCCC(C(=O)NN2CCCCC2)C1. The van der Waals surface area contributed by atoms with Crippen LogP contribution in [-0.2, 0) is 4.79 Å². The molecule has 16 heavy (non-hydrogen) atoms. The molecule has 4 heteroatoms. The fraction of sp³-hybridized carbons (Fsp3) is 0.917. The van der Waals surface area contributed by atoms with Crippen LogP contribution in [-0.4, -0.2) is 30.0 Å². The van der Waals surface area contributed by atoms with Gasteiger partial charge in [-0.25, -0.2) is 5.01 Å². The van der Waals surface area contributed by atoms with Gasteiger partial charge in [0, 0.05) is 25.0 Å². The zero-order valence-electron chi connectivity index (χ0n) is 9.95. The molecule has 1 saturated carbocycles. The Kier molecular flexibility index (Phi) is 4.18. The van der Waals surface area contributed by atoms with Gasteiger partial charge in [-0.2, -0.15) is 0 Å². The lowest BCUT2D eigenvalue weighted by molar-refractivity contribution is -0.131. The number of nitrogens with zero attached hydrogens (tertiary/aromatic N) is 1. The standard InChI is InChI=1S/C12H23N3O/c13-11-6-4-5-10(9-11)12(16)14-15-7-2-1-3-8-15/h10-11H,1-9,13H2,(H,14,16). The fourth-order valence-electron chi connectivity index (χ4n) is 2.72. The average molecular weight is 225 g/mol. The zero-order valence-corrected chi connectivity index (χ0v) is 9.95. The summed E-state index contributed by atoms with van der Waals surface area (Å²) in [5.41, 5.74) is 8.95. The first-order chi connectivity index (χ1) is 7.75. The monoisotopic (exact) mass is 225 g/mol. The first-order valence-corrected chi connectivity index (χ1v) is 6.57. The minimum Gasteiger partial charge on any atom is -0.328 e. The normalized spacial score (nSPS) is 32.3. The number of amides is 1. The van der Waals surface area contributed by atoms with Crippen molar-refractivity contribution in [2.24, 2.45) is 11.7 Å². The topological polar surface area (TPSA) is 58.4 Å². The molecular formula is C12H23N3O. The maximum absolute atomic E-state index is 12.0. The van der Waals surface area contributed by atoms with E-state index in [4.69, 9.17) is 5.73 Å². The minimum absolute atomic E-state index is 0.144. The van der Waals surface area contributed by atoms with Crippen LogP contribution in [0.1, 0.15) is 44.9 Å². The summed E-state index contributed by atoms with van der Waals surface area (Å²) in [4.78, 5) is 12.0. The molecule has 4 nitrogen and oxygen atoms in total. The predicted molar refractivity (Wildman–Crippen MR) is 63.5 cm³/mol. The quantitative estimate of drug-likeness (QED) is 0.737. The first-order valence-electron chi connectivity index (χ1n) is 6.57. The lowest BCUT2D eigenvalue weighted by Gasteiger charge is -2.31. The number of carbonyl (C=O) groups is 1. The van der Waals surface area contributed by atoms with Crippen molar-refractivity contribution in [2.45, 2.75) is 51.0 Å². The second-order valence-corrected chi connectivity index (χ2v) is 5.15. The lowest BCUT2D eigenvalue weighted by Crippen LogP contribution is -2.48. The molecule has 0 aromatic heterocycles. The molecule has 1 aliphatic heterocycles. The molecule has 1 aliphatic carbocycles. The Morgan fingerprint density at radius 2 is 1.88 bits per heavy atom. The molecule has 0 spiro atoms. The summed E-state index contributed by atoms with van der Waals surface area (Å²) in [7, 11) is 0. The third kappa shape index (κ3) is 3.19. The molecule has 1 heterocycles. The first kappa shape index (κ1) is 11.9.